The van der Waals surface area contributed by atoms with Crippen molar-refractivity contribution in [1.82, 2.24) is 9.80 Å². The molecule has 22 heavy (non-hydrogen) atoms. The van der Waals surface area contributed by atoms with Gasteiger partial charge in [-0.25, -0.2) is 0 Å². The molecule has 124 valence electrons. The Morgan fingerprint density at radius 1 is 1.14 bits per heavy atom. The van der Waals surface area contributed by atoms with Gasteiger partial charge in [-0.3, -0.25) is 9.69 Å². The molecule has 1 amide bonds. The van der Waals surface area contributed by atoms with Crippen LogP contribution in [0.3, 0.4) is 0 Å². The van der Waals surface area contributed by atoms with E-state index in [0.29, 0.717) is 12.1 Å². The second kappa shape index (κ2) is 8.99. The number of rotatable bonds is 5. The fourth-order valence-electron chi connectivity index (χ4n) is 3.44. The van der Waals surface area contributed by atoms with Crippen LogP contribution in [-0.4, -0.2) is 48.4 Å². The van der Waals surface area contributed by atoms with Crippen LogP contribution in [0.1, 0.15) is 45.4 Å². The molecule has 2 N–H and O–H groups in total. The first-order chi connectivity index (χ1) is 10.7. The zero-order chi connectivity index (χ0) is 15.8. The van der Waals surface area contributed by atoms with Crippen LogP contribution in [-0.2, 0) is 4.79 Å². The number of hydrogen-bond donors (Lipinski definition) is 1. The van der Waals surface area contributed by atoms with Crippen LogP contribution in [0.2, 0.25) is 0 Å². The average molecular weight is 305 g/mol. The van der Waals surface area contributed by atoms with Crippen LogP contribution in [0.15, 0.2) is 23.9 Å². The largest absolute Gasteiger partial charge is 0.399 e. The van der Waals surface area contributed by atoms with Crippen LogP contribution in [0.25, 0.3) is 0 Å². The standard InChI is InChI=1S/C18H31N3O/c1-2-17(19)9-6-10-18(22)21-13-11-20(12-14-21)15-16-7-4-3-5-8-16/h2,6,9,16H,3-5,7-8,10-15,19H2,1H3/b9-6-,17-2+. The molecule has 0 aromatic rings. The molecule has 4 nitrogen and oxygen atoms in total. The number of nitrogens with zero attached hydrogens (tertiary/aromatic N) is 2. The molecule has 2 fully saturated rings. The van der Waals surface area contributed by atoms with Gasteiger partial charge in [0.1, 0.15) is 0 Å². The Labute approximate surface area is 135 Å². The fraction of sp³-hybridized carbons (Fsp3) is 0.722. The summed E-state index contributed by atoms with van der Waals surface area (Å²) in [6, 6.07) is 0. The van der Waals surface area contributed by atoms with E-state index in [9.17, 15) is 4.79 Å². The molecule has 1 saturated heterocycles. The quantitative estimate of drug-likeness (QED) is 0.794. The molecule has 2 aliphatic rings. The summed E-state index contributed by atoms with van der Waals surface area (Å²) in [7, 11) is 0. The molecule has 1 saturated carbocycles. The van der Waals surface area contributed by atoms with Gasteiger partial charge in [0.25, 0.3) is 0 Å². The van der Waals surface area contributed by atoms with Crippen LogP contribution < -0.4 is 5.73 Å². The molecule has 1 aliphatic carbocycles. The van der Waals surface area contributed by atoms with Crippen LogP contribution in [0.5, 0.6) is 0 Å². The van der Waals surface area contributed by atoms with Crippen molar-refractivity contribution < 1.29 is 4.79 Å². The van der Waals surface area contributed by atoms with Gasteiger partial charge in [-0.1, -0.05) is 31.4 Å². The first-order valence-electron chi connectivity index (χ1n) is 8.77. The summed E-state index contributed by atoms with van der Waals surface area (Å²) in [5.41, 5.74) is 6.40. The minimum absolute atomic E-state index is 0.220. The maximum absolute atomic E-state index is 12.2. The molecule has 0 radical (unpaired) electrons. The fourth-order valence-corrected chi connectivity index (χ4v) is 3.44. The average Bonchev–Trinajstić information content (AvgIpc) is 2.56. The van der Waals surface area contributed by atoms with Gasteiger partial charge in [-0.15, -0.1) is 0 Å². The normalized spacial score (nSPS) is 22.4. The Kier molecular flexibility index (Phi) is 6.97. The van der Waals surface area contributed by atoms with Gasteiger partial charge < -0.3 is 10.6 Å². The highest BCUT2D eigenvalue weighted by Gasteiger charge is 2.23. The van der Waals surface area contributed by atoms with E-state index in [-0.39, 0.29) is 5.91 Å². The van der Waals surface area contributed by atoms with E-state index in [4.69, 9.17) is 5.73 Å². The molecule has 0 atom stereocenters. The summed E-state index contributed by atoms with van der Waals surface area (Å²) in [4.78, 5) is 16.7. The highest BCUT2D eigenvalue weighted by atomic mass is 16.2. The monoisotopic (exact) mass is 305 g/mol. The predicted molar refractivity (Wildman–Crippen MR) is 91.3 cm³/mol. The Hall–Kier alpha value is -1.29. The summed E-state index contributed by atoms with van der Waals surface area (Å²) in [5, 5.41) is 0. The van der Waals surface area contributed by atoms with Gasteiger partial charge in [-0.05, 0) is 31.8 Å². The SMILES string of the molecule is C/C=C(N)\C=C/CC(=O)N1CCN(CC2CCCCC2)CC1. The number of hydrogen-bond acceptors (Lipinski definition) is 3. The van der Waals surface area contributed by atoms with E-state index in [1.807, 2.05) is 30.1 Å². The number of piperazine rings is 1. The summed E-state index contributed by atoms with van der Waals surface area (Å²) >= 11 is 0. The van der Waals surface area contributed by atoms with Crippen LogP contribution in [0, 0.1) is 5.92 Å². The van der Waals surface area contributed by atoms with E-state index in [0.717, 1.165) is 32.1 Å². The number of carbonyl (C=O) groups excluding carboxylic acids is 1. The third-order valence-corrected chi connectivity index (χ3v) is 4.90. The predicted octanol–water partition coefficient (Wildman–Crippen LogP) is 2.52. The Balaban J connectivity index is 1.67. The smallest absolute Gasteiger partial charge is 0.226 e. The Morgan fingerprint density at radius 3 is 2.45 bits per heavy atom. The second-order valence-corrected chi connectivity index (χ2v) is 6.58. The lowest BCUT2D eigenvalue weighted by Gasteiger charge is -2.37. The zero-order valence-electron chi connectivity index (χ0n) is 14.0. The van der Waals surface area contributed by atoms with Crippen molar-refractivity contribution in [1.29, 1.82) is 0 Å². The molecule has 0 unspecified atom stereocenters. The Morgan fingerprint density at radius 2 is 1.82 bits per heavy atom. The van der Waals surface area contributed by atoms with E-state index in [1.54, 1.807) is 0 Å². The van der Waals surface area contributed by atoms with Crippen molar-refractivity contribution in [3.8, 4) is 0 Å². The van der Waals surface area contributed by atoms with E-state index in [2.05, 4.69) is 4.90 Å². The maximum atomic E-state index is 12.2. The molecule has 2 rings (SSSR count). The molecule has 0 aromatic heterocycles. The molecule has 0 aromatic carbocycles. The van der Waals surface area contributed by atoms with Crippen molar-refractivity contribution in [2.24, 2.45) is 11.7 Å². The highest BCUT2D eigenvalue weighted by Crippen LogP contribution is 2.24. The second-order valence-electron chi connectivity index (χ2n) is 6.58. The van der Waals surface area contributed by atoms with E-state index >= 15 is 0 Å². The van der Waals surface area contributed by atoms with Gasteiger partial charge in [0, 0.05) is 44.8 Å². The molecule has 0 bridgehead atoms. The number of allylic oxidation sites excluding steroid dienone is 2. The van der Waals surface area contributed by atoms with Gasteiger partial charge in [0.2, 0.25) is 5.91 Å². The first-order valence-corrected chi connectivity index (χ1v) is 8.77. The zero-order valence-corrected chi connectivity index (χ0v) is 14.0. The summed E-state index contributed by atoms with van der Waals surface area (Å²) in [5.74, 6) is 1.11. The third-order valence-electron chi connectivity index (χ3n) is 4.90. The highest BCUT2D eigenvalue weighted by molar-refractivity contribution is 5.77. The maximum Gasteiger partial charge on any atom is 0.226 e. The van der Waals surface area contributed by atoms with Crippen molar-refractivity contribution in [2.45, 2.75) is 45.4 Å². The lowest BCUT2D eigenvalue weighted by Crippen LogP contribution is -2.49. The number of carbonyl (C=O) groups is 1. The van der Waals surface area contributed by atoms with Gasteiger partial charge in [0.05, 0.1) is 0 Å². The van der Waals surface area contributed by atoms with E-state index in [1.165, 1.54) is 38.6 Å². The van der Waals surface area contributed by atoms with Crippen molar-refractivity contribution >= 4 is 5.91 Å². The lowest BCUT2D eigenvalue weighted by atomic mass is 9.89. The summed E-state index contributed by atoms with van der Waals surface area (Å²) in [6.07, 6.45) is 13.0. The Bertz CT molecular complexity index is 403. The van der Waals surface area contributed by atoms with Gasteiger partial charge in [-0.2, -0.15) is 0 Å². The minimum atomic E-state index is 0.220. The molecular weight excluding hydrogens is 274 g/mol. The lowest BCUT2D eigenvalue weighted by molar-refractivity contribution is -0.132. The van der Waals surface area contributed by atoms with Crippen LogP contribution >= 0.6 is 0 Å². The van der Waals surface area contributed by atoms with Gasteiger partial charge >= 0.3 is 0 Å². The molecule has 4 heteroatoms. The van der Waals surface area contributed by atoms with Crippen molar-refractivity contribution in [2.75, 3.05) is 32.7 Å². The summed E-state index contributed by atoms with van der Waals surface area (Å²) < 4.78 is 0. The van der Waals surface area contributed by atoms with Crippen LogP contribution in [0.4, 0.5) is 0 Å². The number of nitrogens with two attached hydrogens (primary N) is 1. The minimum Gasteiger partial charge on any atom is -0.399 e. The summed E-state index contributed by atoms with van der Waals surface area (Å²) in [6.45, 7) is 6.94. The third kappa shape index (κ3) is 5.48. The van der Waals surface area contributed by atoms with Crippen molar-refractivity contribution in [3.05, 3.63) is 23.9 Å². The number of amides is 1. The molecular formula is C18H31N3O. The van der Waals surface area contributed by atoms with E-state index < -0.39 is 0 Å². The van der Waals surface area contributed by atoms with Crippen molar-refractivity contribution in [3.63, 3.8) is 0 Å². The molecule has 0 spiro atoms. The molecule has 1 heterocycles. The topological polar surface area (TPSA) is 49.6 Å². The first kappa shape index (κ1) is 17.1. The molecule has 1 aliphatic heterocycles. The van der Waals surface area contributed by atoms with Gasteiger partial charge in [0.15, 0.2) is 0 Å².